The first-order chi connectivity index (χ1) is 13.9. The predicted octanol–water partition coefficient (Wildman–Crippen LogP) is 2.75. The number of hydrogen-bond donors (Lipinski definition) is 3. The molecule has 158 valence electrons. The van der Waals surface area contributed by atoms with Crippen LogP contribution in [-0.4, -0.2) is 41.7 Å². The van der Waals surface area contributed by atoms with Gasteiger partial charge in [0.25, 0.3) is 5.91 Å². The molecule has 0 aromatic heterocycles. The Hall–Kier alpha value is -1.69. The van der Waals surface area contributed by atoms with Crippen LogP contribution < -0.4 is 11.1 Å². The summed E-state index contributed by atoms with van der Waals surface area (Å²) in [5, 5.41) is 14.7. The Bertz CT molecular complexity index is 770. The highest BCUT2D eigenvalue weighted by Crippen LogP contribution is 2.59. The number of amides is 1. The predicted molar refractivity (Wildman–Crippen MR) is 115 cm³/mol. The largest absolute Gasteiger partial charge is 0.375 e. The van der Waals surface area contributed by atoms with Gasteiger partial charge in [-0.3, -0.25) is 9.69 Å². The highest BCUT2D eigenvalue weighted by molar-refractivity contribution is 5.87. The van der Waals surface area contributed by atoms with Gasteiger partial charge in [-0.2, -0.15) is 0 Å². The zero-order chi connectivity index (χ0) is 20.6. The Balaban J connectivity index is 1.48. The number of nitrogens with zero attached hydrogens (tertiary/aromatic N) is 1. The third-order valence-electron chi connectivity index (χ3n) is 7.45. The standard InChI is InChI=1S/C24H35N3O2/c1-17(2)12-13-27-15-20-14-23(20,16-27)21(25)26-22(28)24(29,19-10-6-7-11-19)18-8-4-3-5-9-18/h3-5,8-9,12,19-21,29H,6-7,10-11,13-16,25H2,1-2H3,(H,26,28). The first-order valence-electron chi connectivity index (χ1n) is 11.1. The fraction of sp³-hybridized carbons (Fsp3) is 0.625. The minimum atomic E-state index is -1.50. The van der Waals surface area contributed by atoms with E-state index in [2.05, 4.69) is 30.1 Å². The maximum atomic E-state index is 13.4. The summed E-state index contributed by atoms with van der Waals surface area (Å²) in [5.41, 5.74) is 7.02. The molecule has 4 N–H and O–H groups in total. The van der Waals surface area contributed by atoms with E-state index in [0.717, 1.165) is 51.7 Å². The van der Waals surface area contributed by atoms with E-state index in [9.17, 15) is 9.90 Å². The Kier molecular flexibility index (Phi) is 5.58. The zero-order valence-electron chi connectivity index (χ0n) is 17.7. The Morgan fingerprint density at radius 3 is 2.69 bits per heavy atom. The van der Waals surface area contributed by atoms with Crippen molar-refractivity contribution in [2.45, 2.75) is 57.7 Å². The molecule has 1 aromatic rings. The quantitative estimate of drug-likeness (QED) is 0.488. The molecule has 0 radical (unpaired) electrons. The highest BCUT2D eigenvalue weighted by Gasteiger charge is 2.63. The van der Waals surface area contributed by atoms with Crippen LogP contribution in [0.4, 0.5) is 0 Å². The molecule has 4 unspecified atom stereocenters. The second kappa shape index (κ2) is 7.86. The summed E-state index contributed by atoms with van der Waals surface area (Å²) in [6, 6.07) is 9.40. The number of likely N-dealkylation sites (tertiary alicyclic amines) is 1. The summed E-state index contributed by atoms with van der Waals surface area (Å²) in [5.74, 6) is 0.160. The van der Waals surface area contributed by atoms with E-state index >= 15 is 0 Å². The molecule has 4 rings (SSSR count). The number of nitrogens with one attached hydrogen (secondary N) is 1. The summed E-state index contributed by atoms with van der Waals surface area (Å²) in [6.45, 7) is 7.13. The van der Waals surface area contributed by atoms with E-state index in [4.69, 9.17) is 5.73 Å². The molecule has 2 aliphatic carbocycles. The summed E-state index contributed by atoms with van der Waals surface area (Å²) in [6.07, 6.45) is 6.75. The number of aliphatic hydroxyl groups is 1. The van der Waals surface area contributed by atoms with Crippen molar-refractivity contribution in [3.05, 3.63) is 47.5 Å². The molecule has 1 amide bonds. The highest BCUT2D eigenvalue weighted by atomic mass is 16.3. The molecule has 1 aliphatic heterocycles. The second-order valence-electron chi connectivity index (χ2n) is 9.67. The fourth-order valence-corrected chi connectivity index (χ4v) is 5.55. The number of nitrogens with two attached hydrogens (primary N) is 1. The lowest BCUT2D eigenvalue weighted by molar-refractivity contribution is -0.148. The number of fused-ring (bicyclic) bond motifs is 1. The number of allylic oxidation sites excluding steroid dienone is 1. The summed E-state index contributed by atoms with van der Waals surface area (Å²) < 4.78 is 0. The molecular weight excluding hydrogens is 362 g/mol. The van der Waals surface area contributed by atoms with Gasteiger partial charge in [0, 0.05) is 31.0 Å². The van der Waals surface area contributed by atoms with Gasteiger partial charge in [-0.1, -0.05) is 54.8 Å². The average molecular weight is 398 g/mol. The monoisotopic (exact) mass is 397 g/mol. The van der Waals surface area contributed by atoms with Crippen LogP contribution >= 0.6 is 0 Å². The van der Waals surface area contributed by atoms with Crippen LogP contribution in [0.15, 0.2) is 42.0 Å². The van der Waals surface area contributed by atoms with Gasteiger partial charge < -0.3 is 16.2 Å². The van der Waals surface area contributed by atoms with Crippen LogP contribution in [0.5, 0.6) is 0 Å². The topological polar surface area (TPSA) is 78.6 Å². The second-order valence-corrected chi connectivity index (χ2v) is 9.67. The molecule has 1 saturated heterocycles. The summed E-state index contributed by atoms with van der Waals surface area (Å²) in [7, 11) is 0. The Morgan fingerprint density at radius 2 is 2.03 bits per heavy atom. The number of piperidine rings is 1. The lowest BCUT2D eigenvalue weighted by Crippen LogP contribution is -2.57. The van der Waals surface area contributed by atoms with Gasteiger partial charge in [-0.05, 0) is 44.6 Å². The minimum absolute atomic E-state index is 0.0432. The van der Waals surface area contributed by atoms with Gasteiger partial charge in [0.15, 0.2) is 5.60 Å². The number of hydrogen-bond acceptors (Lipinski definition) is 4. The van der Waals surface area contributed by atoms with Gasteiger partial charge in [0.05, 0.1) is 6.17 Å². The van der Waals surface area contributed by atoms with Crippen LogP contribution in [0.2, 0.25) is 0 Å². The van der Waals surface area contributed by atoms with E-state index in [1.165, 1.54) is 5.57 Å². The van der Waals surface area contributed by atoms with Crippen molar-refractivity contribution in [1.29, 1.82) is 0 Å². The van der Waals surface area contributed by atoms with Gasteiger partial charge in [-0.15, -0.1) is 0 Å². The van der Waals surface area contributed by atoms with E-state index in [0.29, 0.717) is 11.5 Å². The molecule has 4 atom stereocenters. The van der Waals surface area contributed by atoms with Crippen molar-refractivity contribution in [2.75, 3.05) is 19.6 Å². The summed E-state index contributed by atoms with van der Waals surface area (Å²) >= 11 is 0. The Morgan fingerprint density at radius 1 is 1.34 bits per heavy atom. The van der Waals surface area contributed by atoms with E-state index < -0.39 is 11.8 Å². The smallest absolute Gasteiger partial charge is 0.258 e. The van der Waals surface area contributed by atoms with Crippen LogP contribution in [0.1, 0.15) is 51.5 Å². The third kappa shape index (κ3) is 3.76. The number of benzene rings is 1. The van der Waals surface area contributed by atoms with Gasteiger partial charge >= 0.3 is 0 Å². The molecule has 29 heavy (non-hydrogen) atoms. The van der Waals surface area contributed by atoms with Gasteiger partial charge in [0.1, 0.15) is 0 Å². The first kappa shape index (κ1) is 20.6. The van der Waals surface area contributed by atoms with Crippen LogP contribution in [0, 0.1) is 17.3 Å². The van der Waals surface area contributed by atoms with Crippen molar-refractivity contribution >= 4 is 5.91 Å². The van der Waals surface area contributed by atoms with E-state index in [1.54, 1.807) is 0 Å². The van der Waals surface area contributed by atoms with Gasteiger partial charge in [0.2, 0.25) is 0 Å². The molecular formula is C24H35N3O2. The molecule has 1 heterocycles. The van der Waals surface area contributed by atoms with E-state index in [1.807, 2.05) is 30.3 Å². The third-order valence-corrected chi connectivity index (χ3v) is 7.45. The zero-order valence-corrected chi connectivity index (χ0v) is 17.7. The van der Waals surface area contributed by atoms with Crippen LogP contribution in [0.25, 0.3) is 0 Å². The maximum absolute atomic E-state index is 13.4. The molecule has 5 heteroatoms. The summed E-state index contributed by atoms with van der Waals surface area (Å²) in [4.78, 5) is 15.8. The van der Waals surface area contributed by atoms with Crippen molar-refractivity contribution < 1.29 is 9.90 Å². The van der Waals surface area contributed by atoms with Crippen LogP contribution in [0.3, 0.4) is 0 Å². The SMILES string of the molecule is CC(C)=CCN1CC2CC2(C(N)NC(=O)C(O)(c2ccccc2)C2CCCC2)C1. The van der Waals surface area contributed by atoms with Crippen LogP contribution in [-0.2, 0) is 10.4 Å². The lowest BCUT2D eigenvalue weighted by atomic mass is 9.79. The molecule has 2 saturated carbocycles. The number of rotatable bonds is 7. The normalized spacial score (nSPS) is 29.7. The van der Waals surface area contributed by atoms with Crippen molar-refractivity contribution in [3.8, 4) is 0 Å². The molecule has 3 fully saturated rings. The fourth-order valence-electron chi connectivity index (χ4n) is 5.55. The Labute approximate surface area is 174 Å². The van der Waals surface area contributed by atoms with Gasteiger partial charge in [-0.25, -0.2) is 0 Å². The number of carbonyl (C=O) groups excluding carboxylic acids is 1. The molecule has 1 aromatic carbocycles. The molecule has 5 nitrogen and oxygen atoms in total. The van der Waals surface area contributed by atoms with Crippen molar-refractivity contribution in [2.24, 2.45) is 23.0 Å². The lowest BCUT2D eigenvalue weighted by Gasteiger charge is -2.35. The first-order valence-corrected chi connectivity index (χ1v) is 11.1. The van der Waals surface area contributed by atoms with Crippen molar-refractivity contribution in [3.63, 3.8) is 0 Å². The van der Waals surface area contributed by atoms with Crippen molar-refractivity contribution in [1.82, 2.24) is 10.2 Å². The maximum Gasteiger partial charge on any atom is 0.258 e. The molecule has 0 spiro atoms. The molecule has 3 aliphatic rings. The van der Waals surface area contributed by atoms with E-state index in [-0.39, 0.29) is 17.2 Å². The average Bonchev–Trinajstić information content (AvgIpc) is 3.08. The molecule has 0 bridgehead atoms. The number of carbonyl (C=O) groups is 1. The minimum Gasteiger partial charge on any atom is -0.375 e.